The molecule has 0 nitrogen and oxygen atoms in total. The fourth-order valence-electron chi connectivity index (χ4n) is 7.75. The Kier molecular flexibility index (Phi) is 13.2. The fraction of sp³-hybridized carbons (Fsp3) is 0.0769. The van der Waals surface area contributed by atoms with Crippen LogP contribution in [0.2, 0.25) is 13.1 Å². The molecule has 0 spiro atoms. The van der Waals surface area contributed by atoms with E-state index in [2.05, 4.69) is 209 Å². The van der Waals surface area contributed by atoms with Gasteiger partial charge in [0.15, 0.2) is 0 Å². The molecule has 0 unspecified atom stereocenters. The summed E-state index contributed by atoms with van der Waals surface area (Å²) in [6.07, 6.45) is 0. The maximum Gasteiger partial charge on any atom is -0.0112 e. The molecule has 0 aliphatic rings. The number of aryl methyl sites for hydroxylation is 2. The first-order chi connectivity index (χ1) is 27.4. The van der Waals surface area contributed by atoms with Gasteiger partial charge in [0.1, 0.15) is 0 Å². The van der Waals surface area contributed by atoms with E-state index in [1.807, 2.05) is 0 Å². The zero-order valence-electron chi connectivity index (χ0n) is 32.1. The van der Waals surface area contributed by atoms with E-state index in [0.29, 0.717) is 0 Å². The van der Waals surface area contributed by atoms with Crippen LogP contribution in [-0.2, 0) is 20.8 Å². The molecule has 272 valence electrons. The van der Waals surface area contributed by atoms with Crippen LogP contribution >= 0.6 is 17.0 Å². The van der Waals surface area contributed by atoms with Crippen molar-refractivity contribution in [3.8, 4) is 33.4 Å². The summed E-state index contributed by atoms with van der Waals surface area (Å²) in [5.74, 6) is 0. The summed E-state index contributed by atoms with van der Waals surface area (Å²) in [4.78, 5) is 0. The van der Waals surface area contributed by atoms with E-state index in [9.17, 15) is 0 Å². The van der Waals surface area contributed by atoms with Crippen molar-refractivity contribution < 1.29 is 20.8 Å². The molecule has 0 aliphatic heterocycles. The quantitative estimate of drug-likeness (QED) is 0.123. The number of fused-ring (bicyclic) bond motifs is 5. The van der Waals surface area contributed by atoms with Gasteiger partial charge in [0.05, 0.1) is 0 Å². The first-order valence-electron chi connectivity index (χ1n) is 18.8. The van der Waals surface area contributed by atoms with E-state index in [1.54, 1.807) is 0 Å². The number of rotatable bonds is 3. The molecule has 0 saturated heterocycles. The van der Waals surface area contributed by atoms with E-state index in [-0.39, 0.29) is 0 Å². The SMILES string of the molecule is C[Si]C.Cc1cc2c(-c3cccc4ccccc34)ccc(C)c2[cH-]1.[Cl][Zr+2][Cl].c1ccc2cc(-c3cc4c(-c5cccc6ccccc56)cccc4[cH-]3)ccc2c1. The summed E-state index contributed by atoms with van der Waals surface area (Å²) in [5.41, 5.74) is 10.5. The fourth-order valence-corrected chi connectivity index (χ4v) is 7.75. The average molecular weight is 857 g/mol. The normalized spacial score (nSPS) is 10.7. The van der Waals surface area contributed by atoms with E-state index >= 15 is 0 Å². The predicted octanol–water partition coefficient (Wildman–Crippen LogP) is 16.4. The minimum Gasteiger partial charge on any atom is -0.144 e. The van der Waals surface area contributed by atoms with Crippen LogP contribution in [0.3, 0.4) is 0 Å². The number of hydrogen-bond donors (Lipinski definition) is 0. The van der Waals surface area contributed by atoms with E-state index < -0.39 is 20.8 Å². The molecule has 0 fully saturated rings. The Balaban J connectivity index is 0.000000157. The largest absolute Gasteiger partial charge is 0.144 e. The molecule has 10 rings (SSSR count). The molecule has 0 aromatic heterocycles. The van der Waals surface area contributed by atoms with Crippen LogP contribution in [0.25, 0.3) is 87.2 Å². The third-order valence-electron chi connectivity index (χ3n) is 10.2. The molecule has 0 aliphatic carbocycles. The zero-order valence-corrected chi connectivity index (χ0v) is 37.0. The molecule has 10 aromatic rings. The maximum absolute atomic E-state index is 4.93. The molecule has 2 radical (unpaired) electrons. The van der Waals surface area contributed by atoms with Crippen molar-refractivity contribution >= 4 is 80.4 Å². The first-order valence-corrected chi connectivity index (χ1v) is 27.1. The third kappa shape index (κ3) is 8.56. The standard InChI is InChI=1S/C29H19.C21H17.C2H6Si.2ClH.Zr/c1-2-9-22-17-23(16-15-20(22)7-1)25-18-24-11-6-14-28(29(24)19-25)27-13-5-10-21-8-3-4-12-26(21)27;1-14-12-20-15(2)10-11-19(21(20)13-14)18-9-5-7-16-6-3-4-8-17(16)18;1-3-2;;;/h1-19H;3-13H,1-2H3;1-2H3;2*1H;/q2*-1;;;;+4/p-2. The van der Waals surface area contributed by atoms with Gasteiger partial charge in [-0.3, -0.25) is 0 Å². The Hall–Kier alpha value is -4.56. The smallest absolute Gasteiger partial charge is 0.0112 e. The second kappa shape index (κ2) is 18.6. The van der Waals surface area contributed by atoms with Gasteiger partial charge in [-0.15, -0.1) is 68.6 Å². The van der Waals surface area contributed by atoms with Crippen LogP contribution in [0.1, 0.15) is 11.1 Å². The molecule has 56 heavy (non-hydrogen) atoms. The number of benzene rings is 8. The van der Waals surface area contributed by atoms with Crippen LogP contribution in [0.4, 0.5) is 0 Å². The first kappa shape index (κ1) is 39.7. The van der Waals surface area contributed by atoms with Crippen molar-refractivity contribution in [3.63, 3.8) is 0 Å². The monoisotopic (exact) mass is 854 g/mol. The molecule has 0 heterocycles. The minimum atomic E-state index is -0.826. The van der Waals surface area contributed by atoms with Gasteiger partial charge >= 0.3 is 37.9 Å². The Morgan fingerprint density at radius 3 is 1.57 bits per heavy atom. The van der Waals surface area contributed by atoms with Gasteiger partial charge in [-0.1, -0.05) is 189 Å². The summed E-state index contributed by atoms with van der Waals surface area (Å²) in [7, 11) is 11.0. The second-order valence-corrected chi connectivity index (χ2v) is 18.8. The van der Waals surface area contributed by atoms with Gasteiger partial charge in [0, 0.05) is 9.52 Å². The third-order valence-corrected chi connectivity index (χ3v) is 10.2. The van der Waals surface area contributed by atoms with Crippen molar-refractivity contribution in [3.05, 3.63) is 193 Å². The predicted molar refractivity (Wildman–Crippen MR) is 247 cm³/mol. The van der Waals surface area contributed by atoms with Gasteiger partial charge in [0.2, 0.25) is 0 Å². The average Bonchev–Trinajstić information content (AvgIpc) is 3.86. The Morgan fingerprint density at radius 1 is 0.446 bits per heavy atom. The minimum absolute atomic E-state index is 0.826. The summed E-state index contributed by atoms with van der Waals surface area (Å²) >= 11 is -0.826. The van der Waals surface area contributed by atoms with Crippen LogP contribution < -0.4 is 0 Å². The zero-order chi connectivity index (χ0) is 39.0. The Labute approximate surface area is 352 Å². The second-order valence-electron chi connectivity index (χ2n) is 14.0. The summed E-state index contributed by atoms with van der Waals surface area (Å²) in [6, 6.07) is 66.1. The van der Waals surface area contributed by atoms with E-state index in [4.69, 9.17) is 17.0 Å². The van der Waals surface area contributed by atoms with Crippen molar-refractivity contribution in [2.24, 2.45) is 0 Å². The van der Waals surface area contributed by atoms with Crippen molar-refractivity contribution in [1.82, 2.24) is 0 Å². The van der Waals surface area contributed by atoms with Crippen LogP contribution in [0.5, 0.6) is 0 Å². The molecular formula is C52H42Cl2SiZr. The molecule has 4 heteroatoms. The van der Waals surface area contributed by atoms with Crippen molar-refractivity contribution in [1.29, 1.82) is 0 Å². The summed E-state index contributed by atoms with van der Waals surface area (Å²) in [6.45, 7) is 8.67. The summed E-state index contributed by atoms with van der Waals surface area (Å²) < 4.78 is 0. The van der Waals surface area contributed by atoms with E-state index in [1.165, 1.54) is 98.4 Å². The van der Waals surface area contributed by atoms with Gasteiger partial charge in [-0.2, -0.15) is 6.07 Å². The Morgan fingerprint density at radius 2 is 0.946 bits per heavy atom. The topological polar surface area (TPSA) is 0 Å². The Bertz CT molecular complexity index is 2890. The molecule has 0 amide bonds. The number of hydrogen-bond acceptors (Lipinski definition) is 0. The van der Waals surface area contributed by atoms with Crippen LogP contribution in [0, 0.1) is 13.8 Å². The van der Waals surface area contributed by atoms with Gasteiger partial charge in [-0.25, -0.2) is 0 Å². The molecule has 0 saturated carbocycles. The molecule has 0 atom stereocenters. The van der Waals surface area contributed by atoms with Gasteiger partial charge < -0.3 is 0 Å². The molecule has 10 aromatic carbocycles. The molecule has 0 N–H and O–H groups in total. The van der Waals surface area contributed by atoms with Crippen LogP contribution in [-0.4, -0.2) is 9.52 Å². The van der Waals surface area contributed by atoms with E-state index in [0.717, 1.165) is 9.52 Å². The van der Waals surface area contributed by atoms with Crippen molar-refractivity contribution in [2.45, 2.75) is 26.9 Å². The van der Waals surface area contributed by atoms with Gasteiger partial charge in [0.25, 0.3) is 0 Å². The maximum atomic E-state index is 4.93. The molecular weight excluding hydrogens is 815 g/mol. The summed E-state index contributed by atoms with van der Waals surface area (Å²) in [5, 5.41) is 13.1. The number of halogens is 2. The van der Waals surface area contributed by atoms with Gasteiger partial charge in [-0.05, 0) is 43.4 Å². The van der Waals surface area contributed by atoms with Crippen molar-refractivity contribution in [2.75, 3.05) is 0 Å². The molecule has 0 bridgehead atoms. The van der Waals surface area contributed by atoms with Crippen LogP contribution in [0.15, 0.2) is 182 Å².